The molecule has 1 N–H and O–H groups in total. The van der Waals surface area contributed by atoms with E-state index in [1.54, 1.807) is 4.90 Å². The first-order chi connectivity index (χ1) is 10.1. The summed E-state index contributed by atoms with van der Waals surface area (Å²) in [7, 11) is 0. The number of nitrogens with one attached hydrogen (secondary N) is 1. The number of nitrogens with zero attached hydrogens (tertiary/aromatic N) is 1. The quantitative estimate of drug-likeness (QED) is 0.899. The molecule has 21 heavy (non-hydrogen) atoms. The van der Waals surface area contributed by atoms with Crippen LogP contribution in [0.15, 0.2) is 22.7 Å². The van der Waals surface area contributed by atoms with Gasteiger partial charge in [0.2, 0.25) is 0 Å². The number of rotatable bonds is 4. The van der Waals surface area contributed by atoms with E-state index in [1.807, 2.05) is 6.92 Å². The van der Waals surface area contributed by atoms with Gasteiger partial charge in [-0.3, -0.25) is 0 Å². The lowest BCUT2D eigenvalue weighted by molar-refractivity contribution is 0.0950. The van der Waals surface area contributed by atoms with Crippen molar-refractivity contribution in [1.82, 2.24) is 10.2 Å². The molecule has 0 aromatic heterocycles. The van der Waals surface area contributed by atoms with Gasteiger partial charge < -0.3 is 15.0 Å². The summed E-state index contributed by atoms with van der Waals surface area (Å²) in [6.07, 6.45) is 1.77. The smallest absolute Gasteiger partial charge is 0.409 e. The maximum atomic E-state index is 11.6. The lowest BCUT2D eigenvalue weighted by Crippen LogP contribution is -2.44. The largest absolute Gasteiger partial charge is 0.450 e. The fraction of sp³-hybridized carbons (Fsp3) is 0.562. The minimum Gasteiger partial charge on any atom is -0.450 e. The third-order valence-electron chi connectivity index (χ3n) is 3.85. The highest BCUT2D eigenvalue weighted by Crippen LogP contribution is 2.18. The molecule has 0 atom stereocenters. The monoisotopic (exact) mass is 354 g/mol. The molecule has 1 aromatic rings. The highest BCUT2D eigenvalue weighted by molar-refractivity contribution is 9.10. The van der Waals surface area contributed by atoms with E-state index >= 15 is 0 Å². The normalized spacial score (nSPS) is 16.0. The van der Waals surface area contributed by atoms with Crippen LogP contribution in [0, 0.1) is 6.92 Å². The second-order valence-electron chi connectivity index (χ2n) is 5.42. The SMILES string of the molecule is CCOC(=O)N1CCC(NCc2ccc(C)c(Br)c2)CC1. The van der Waals surface area contributed by atoms with Crippen LogP contribution in [-0.2, 0) is 11.3 Å². The summed E-state index contributed by atoms with van der Waals surface area (Å²) in [5, 5.41) is 3.58. The van der Waals surface area contributed by atoms with Crippen molar-refractivity contribution in [2.75, 3.05) is 19.7 Å². The van der Waals surface area contributed by atoms with Crippen LogP contribution in [-0.4, -0.2) is 36.7 Å². The van der Waals surface area contributed by atoms with Gasteiger partial charge in [0.05, 0.1) is 6.61 Å². The third-order valence-corrected chi connectivity index (χ3v) is 4.71. The van der Waals surface area contributed by atoms with E-state index in [1.165, 1.54) is 11.1 Å². The fourth-order valence-electron chi connectivity index (χ4n) is 2.49. The number of carbonyl (C=O) groups is 1. The van der Waals surface area contributed by atoms with Gasteiger partial charge in [-0.25, -0.2) is 4.79 Å². The molecule has 5 heteroatoms. The predicted octanol–water partition coefficient (Wildman–Crippen LogP) is 3.47. The van der Waals surface area contributed by atoms with Gasteiger partial charge in [0.25, 0.3) is 0 Å². The van der Waals surface area contributed by atoms with E-state index in [0.717, 1.165) is 36.9 Å². The summed E-state index contributed by atoms with van der Waals surface area (Å²) < 4.78 is 6.18. The number of benzene rings is 1. The molecule has 1 fully saturated rings. The van der Waals surface area contributed by atoms with Crippen LogP contribution in [0.2, 0.25) is 0 Å². The Bertz CT molecular complexity index is 485. The van der Waals surface area contributed by atoms with Crippen molar-refractivity contribution in [3.8, 4) is 0 Å². The van der Waals surface area contributed by atoms with Crippen LogP contribution >= 0.6 is 15.9 Å². The number of likely N-dealkylation sites (tertiary alicyclic amines) is 1. The molecule has 1 aliphatic heterocycles. The molecule has 0 radical (unpaired) electrons. The summed E-state index contributed by atoms with van der Waals surface area (Å²) >= 11 is 3.56. The Balaban J connectivity index is 1.76. The van der Waals surface area contributed by atoms with Crippen LogP contribution in [0.4, 0.5) is 4.79 Å². The van der Waals surface area contributed by atoms with Gasteiger partial charge in [0, 0.05) is 30.1 Å². The van der Waals surface area contributed by atoms with Crippen LogP contribution in [0.5, 0.6) is 0 Å². The Labute approximate surface area is 135 Å². The summed E-state index contributed by atoms with van der Waals surface area (Å²) in [5.41, 5.74) is 2.53. The van der Waals surface area contributed by atoms with Crippen LogP contribution in [0.25, 0.3) is 0 Å². The van der Waals surface area contributed by atoms with E-state index in [4.69, 9.17) is 4.74 Å². The maximum absolute atomic E-state index is 11.6. The highest BCUT2D eigenvalue weighted by Gasteiger charge is 2.23. The topological polar surface area (TPSA) is 41.6 Å². The molecule has 4 nitrogen and oxygen atoms in total. The number of amides is 1. The fourth-order valence-corrected chi connectivity index (χ4v) is 2.92. The molecule has 1 aliphatic rings. The predicted molar refractivity (Wildman–Crippen MR) is 87.3 cm³/mol. The van der Waals surface area contributed by atoms with Crippen LogP contribution in [0.3, 0.4) is 0 Å². The van der Waals surface area contributed by atoms with Crippen molar-refractivity contribution in [2.24, 2.45) is 0 Å². The first kappa shape index (κ1) is 16.3. The first-order valence-corrected chi connectivity index (χ1v) is 8.29. The molecule has 2 rings (SSSR count). The standard InChI is InChI=1S/C16H23BrN2O2/c1-3-21-16(20)19-8-6-14(7-9-19)18-11-13-5-4-12(2)15(17)10-13/h4-5,10,14,18H,3,6-9,11H2,1-2H3. The van der Waals surface area contributed by atoms with Gasteiger partial charge >= 0.3 is 6.09 Å². The van der Waals surface area contributed by atoms with Crippen molar-refractivity contribution < 1.29 is 9.53 Å². The Kier molecular flexibility index (Phi) is 6.06. The second kappa shape index (κ2) is 7.80. The number of aryl methyl sites for hydroxylation is 1. The van der Waals surface area contributed by atoms with Crippen LogP contribution in [0.1, 0.15) is 30.9 Å². The minimum absolute atomic E-state index is 0.182. The third kappa shape index (κ3) is 4.71. The Morgan fingerprint density at radius 3 is 2.76 bits per heavy atom. The van der Waals surface area contributed by atoms with Crippen LogP contribution < -0.4 is 5.32 Å². The molecule has 0 saturated carbocycles. The number of piperidine rings is 1. The molecule has 1 aromatic carbocycles. The molecule has 1 amide bonds. The zero-order chi connectivity index (χ0) is 15.2. The lowest BCUT2D eigenvalue weighted by atomic mass is 10.0. The zero-order valence-corrected chi connectivity index (χ0v) is 14.3. The van der Waals surface area contributed by atoms with Gasteiger partial charge in [-0.05, 0) is 43.9 Å². The zero-order valence-electron chi connectivity index (χ0n) is 12.7. The molecule has 1 heterocycles. The van der Waals surface area contributed by atoms with Crippen molar-refractivity contribution >= 4 is 22.0 Å². The Hall–Kier alpha value is -1.07. The number of carbonyl (C=O) groups excluding carboxylic acids is 1. The van der Waals surface area contributed by atoms with E-state index in [9.17, 15) is 4.79 Å². The molecule has 116 valence electrons. The van der Waals surface area contributed by atoms with E-state index in [2.05, 4.69) is 46.4 Å². The molecular formula is C16H23BrN2O2. The summed E-state index contributed by atoms with van der Waals surface area (Å²) in [4.78, 5) is 13.4. The van der Waals surface area contributed by atoms with Gasteiger partial charge in [-0.1, -0.05) is 28.1 Å². The average Bonchev–Trinajstić information content (AvgIpc) is 2.49. The van der Waals surface area contributed by atoms with Crippen molar-refractivity contribution in [3.05, 3.63) is 33.8 Å². The number of hydrogen-bond donors (Lipinski definition) is 1. The Morgan fingerprint density at radius 1 is 1.43 bits per heavy atom. The number of hydrogen-bond acceptors (Lipinski definition) is 3. The lowest BCUT2D eigenvalue weighted by Gasteiger charge is -2.31. The van der Waals surface area contributed by atoms with Gasteiger partial charge in [0.1, 0.15) is 0 Å². The van der Waals surface area contributed by atoms with E-state index < -0.39 is 0 Å². The molecular weight excluding hydrogens is 332 g/mol. The minimum atomic E-state index is -0.182. The average molecular weight is 355 g/mol. The molecule has 0 aliphatic carbocycles. The summed E-state index contributed by atoms with van der Waals surface area (Å²) in [6, 6.07) is 6.91. The summed E-state index contributed by atoms with van der Waals surface area (Å²) in [6.45, 7) is 6.78. The number of halogens is 1. The van der Waals surface area contributed by atoms with Gasteiger partial charge in [0.15, 0.2) is 0 Å². The van der Waals surface area contributed by atoms with E-state index in [0.29, 0.717) is 12.6 Å². The van der Waals surface area contributed by atoms with Crippen molar-refractivity contribution in [3.63, 3.8) is 0 Å². The highest BCUT2D eigenvalue weighted by atomic mass is 79.9. The van der Waals surface area contributed by atoms with Crippen molar-refractivity contribution in [1.29, 1.82) is 0 Å². The first-order valence-electron chi connectivity index (χ1n) is 7.50. The van der Waals surface area contributed by atoms with Gasteiger partial charge in [-0.2, -0.15) is 0 Å². The number of ether oxygens (including phenoxy) is 1. The Morgan fingerprint density at radius 2 is 2.14 bits per heavy atom. The second-order valence-corrected chi connectivity index (χ2v) is 6.28. The molecule has 1 saturated heterocycles. The van der Waals surface area contributed by atoms with Gasteiger partial charge in [-0.15, -0.1) is 0 Å². The molecule has 0 unspecified atom stereocenters. The molecule has 0 bridgehead atoms. The van der Waals surface area contributed by atoms with Crippen molar-refractivity contribution in [2.45, 2.75) is 39.3 Å². The summed E-state index contributed by atoms with van der Waals surface area (Å²) in [5.74, 6) is 0. The maximum Gasteiger partial charge on any atom is 0.409 e. The molecule has 0 spiro atoms. The van der Waals surface area contributed by atoms with E-state index in [-0.39, 0.29) is 6.09 Å².